The first-order valence-corrected chi connectivity index (χ1v) is 6.18. The highest BCUT2D eigenvalue weighted by atomic mass is 16.5. The summed E-state index contributed by atoms with van der Waals surface area (Å²) in [5.41, 5.74) is 1.68. The van der Waals surface area contributed by atoms with Gasteiger partial charge in [0.25, 0.3) is 0 Å². The Morgan fingerprint density at radius 1 is 1.28 bits per heavy atom. The Bertz CT molecular complexity index is 429. The minimum absolute atomic E-state index is 0.109. The van der Waals surface area contributed by atoms with Gasteiger partial charge in [-0.2, -0.15) is 5.26 Å². The third kappa shape index (κ3) is 4.58. The van der Waals surface area contributed by atoms with Crippen molar-refractivity contribution in [1.29, 1.82) is 5.26 Å². The average Bonchev–Trinajstić information content (AvgIpc) is 2.36. The number of benzene rings is 1. The van der Waals surface area contributed by atoms with E-state index in [1.165, 1.54) is 0 Å². The Balaban J connectivity index is 2.51. The number of ether oxygens (including phenoxy) is 1. The van der Waals surface area contributed by atoms with Gasteiger partial charge in [-0.3, -0.25) is 4.79 Å². The molecule has 0 heterocycles. The van der Waals surface area contributed by atoms with Crippen molar-refractivity contribution in [2.75, 3.05) is 6.61 Å². The van der Waals surface area contributed by atoms with Crippen LogP contribution in [-0.2, 0) is 9.53 Å². The van der Waals surface area contributed by atoms with Crippen LogP contribution in [0.15, 0.2) is 24.3 Å². The molecule has 18 heavy (non-hydrogen) atoms. The highest BCUT2D eigenvalue weighted by molar-refractivity contribution is 5.70. The first kappa shape index (κ1) is 14.2. The van der Waals surface area contributed by atoms with Crippen LogP contribution in [0.25, 0.3) is 0 Å². The third-order valence-electron chi connectivity index (χ3n) is 2.66. The van der Waals surface area contributed by atoms with Gasteiger partial charge in [-0.05, 0) is 29.5 Å². The lowest BCUT2D eigenvalue weighted by atomic mass is 9.97. The van der Waals surface area contributed by atoms with E-state index in [0.717, 1.165) is 5.56 Å². The van der Waals surface area contributed by atoms with Crippen LogP contribution in [0.2, 0.25) is 0 Å². The van der Waals surface area contributed by atoms with Crippen molar-refractivity contribution < 1.29 is 9.53 Å². The molecule has 0 amide bonds. The van der Waals surface area contributed by atoms with Gasteiger partial charge in [0.1, 0.15) is 0 Å². The van der Waals surface area contributed by atoms with Gasteiger partial charge in [0.05, 0.1) is 24.7 Å². The van der Waals surface area contributed by atoms with E-state index in [0.29, 0.717) is 24.5 Å². The summed E-state index contributed by atoms with van der Waals surface area (Å²) in [5, 5.41) is 8.71. The van der Waals surface area contributed by atoms with Crippen LogP contribution in [0.5, 0.6) is 0 Å². The van der Waals surface area contributed by atoms with Crippen molar-refractivity contribution in [1.82, 2.24) is 0 Å². The predicted octanol–water partition coefficient (Wildman–Crippen LogP) is 3.25. The lowest BCUT2D eigenvalue weighted by molar-refractivity contribution is -0.145. The summed E-state index contributed by atoms with van der Waals surface area (Å²) in [6.45, 7) is 6.48. The van der Waals surface area contributed by atoms with Crippen molar-refractivity contribution in [2.45, 2.75) is 33.1 Å². The van der Waals surface area contributed by atoms with Crippen LogP contribution in [0.4, 0.5) is 0 Å². The summed E-state index contributed by atoms with van der Waals surface area (Å²) >= 11 is 0. The number of nitrogens with zero attached hydrogens (tertiary/aromatic N) is 1. The Labute approximate surface area is 108 Å². The fourth-order valence-electron chi connectivity index (χ4n) is 1.57. The van der Waals surface area contributed by atoms with Gasteiger partial charge in [-0.1, -0.05) is 32.9 Å². The van der Waals surface area contributed by atoms with Crippen LogP contribution >= 0.6 is 0 Å². The summed E-state index contributed by atoms with van der Waals surface area (Å²) in [4.78, 5) is 11.6. The van der Waals surface area contributed by atoms with Crippen molar-refractivity contribution in [3.63, 3.8) is 0 Å². The predicted molar refractivity (Wildman–Crippen MR) is 70.0 cm³/mol. The Morgan fingerprint density at radius 2 is 1.89 bits per heavy atom. The second-order valence-electron chi connectivity index (χ2n) is 4.92. The summed E-state index contributed by atoms with van der Waals surface area (Å²) in [6, 6.07) is 9.39. The van der Waals surface area contributed by atoms with E-state index in [2.05, 4.69) is 6.07 Å². The number of nitriles is 1. The number of esters is 1. The highest BCUT2D eigenvalue weighted by Gasteiger charge is 2.12. The Kier molecular flexibility index (Phi) is 5.38. The number of carbonyl (C=O) groups excluding carboxylic acids is 1. The molecule has 0 aliphatic rings. The first-order valence-electron chi connectivity index (χ1n) is 6.18. The Morgan fingerprint density at radius 3 is 2.39 bits per heavy atom. The molecule has 0 aliphatic heterocycles. The zero-order valence-corrected chi connectivity index (χ0v) is 11.1. The minimum atomic E-state index is -0.166. The molecule has 0 unspecified atom stereocenters. The molecule has 96 valence electrons. The molecule has 0 radical (unpaired) electrons. The van der Waals surface area contributed by atoms with Crippen LogP contribution in [0.1, 0.15) is 44.2 Å². The second-order valence-corrected chi connectivity index (χ2v) is 4.92. The molecular weight excluding hydrogens is 226 g/mol. The SMILES string of the molecule is CC(C)COC(=O)C[C@H](C)c1ccc(C#N)cc1. The molecule has 1 atom stereocenters. The maximum absolute atomic E-state index is 11.6. The largest absolute Gasteiger partial charge is 0.465 e. The summed E-state index contributed by atoms with van der Waals surface area (Å²) in [5.74, 6) is 0.303. The maximum Gasteiger partial charge on any atom is 0.306 e. The van der Waals surface area contributed by atoms with E-state index < -0.39 is 0 Å². The van der Waals surface area contributed by atoms with Gasteiger partial charge in [-0.15, -0.1) is 0 Å². The summed E-state index contributed by atoms with van der Waals surface area (Å²) in [7, 11) is 0. The van der Waals surface area contributed by atoms with Gasteiger partial charge in [0, 0.05) is 0 Å². The molecule has 0 saturated carbocycles. The zero-order valence-electron chi connectivity index (χ0n) is 11.1. The van der Waals surface area contributed by atoms with Crippen LogP contribution in [0, 0.1) is 17.2 Å². The standard InChI is InChI=1S/C15H19NO2/c1-11(2)10-18-15(17)8-12(3)14-6-4-13(9-16)5-7-14/h4-7,11-12H,8,10H2,1-3H3/t12-/m0/s1. The van der Waals surface area contributed by atoms with Crippen molar-refractivity contribution in [2.24, 2.45) is 5.92 Å². The lowest BCUT2D eigenvalue weighted by Gasteiger charge is -2.12. The van der Waals surface area contributed by atoms with E-state index in [9.17, 15) is 4.79 Å². The van der Waals surface area contributed by atoms with E-state index in [4.69, 9.17) is 10.00 Å². The molecule has 3 nitrogen and oxygen atoms in total. The molecule has 0 saturated heterocycles. The van der Waals surface area contributed by atoms with Crippen LogP contribution in [0.3, 0.4) is 0 Å². The zero-order chi connectivity index (χ0) is 13.5. The normalized spacial score (nSPS) is 11.9. The third-order valence-corrected chi connectivity index (χ3v) is 2.66. The Hall–Kier alpha value is -1.82. The fraction of sp³-hybridized carbons (Fsp3) is 0.467. The van der Waals surface area contributed by atoms with Crippen molar-refractivity contribution in [3.8, 4) is 6.07 Å². The van der Waals surface area contributed by atoms with Crippen LogP contribution in [-0.4, -0.2) is 12.6 Å². The van der Waals surface area contributed by atoms with Gasteiger partial charge < -0.3 is 4.74 Å². The molecule has 0 bridgehead atoms. The molecule has 0 N–H and O–H groups in total. The van der Waals surface area contributed by atoms with Crippen LogP contribution < -0.4 is 0 Å². The monoisotopic (exact) mass is 245 g/mol. The summed E-state index contributed by atoms with van der Waals surface area (Å²) < 4.78 is 5.15. The van der Waals surface area contributed by atoms with Crippen molar-refractivity contribution in [3.05, 3.63) is 35.4 Å². The molecular formula is C15H19NO2. The van der Waals surface area contributed by atoms with Gasteiger partial charge >= 0.3 is 5.97 Å². The van der Waals surface area contributed by atoms with E-state index in [-0.39, 0.29) is 11.9 Å². The molecule has 0 aliphatic carbocycles. The summed E-state index contributed by atoms with van der Waals surface area (Å²) in [6.07, 6.45) is 0.374. The van der Waals surface area contributed by atoms with Gasteiger partial charge in [0.2, 0.25) is 0 Å². The van der Waals surface area contributed by atoms with Gasteiger partial charge in [0.15, 0.2) is 0 Å². The molecule has 0 spiro atoms. The number of rotatable bonds is 5. The smallest absolute Gasteiger partial charge is 0.306 e. The maximum atomic E-state index is 11.6. The van der Waals surface area contributed by atoms with E-state index >= 15 is 0 Å². The minimum Gasteiger partial charge on any atom is -0.465 e. The average molecular weight is 245 g/mol. The molecule has 1 aromatic rings. The fourth-order valence-corrected chi connectivity index (χ4v) is 1.57. The molecule has 1 aromatic carbocycles. The quantitative estimate of drug-likeness (QED) is 0.748. The topological polar surface area (TPSA) is 50.1 Å². The van der Waals surface area contributed by atoms with Crippen molar-refractivity contribution >= 4 is 5.97 Å². The lowest BCUT2D eigenvalue weighted by Crippen LogP contribution is -2.12. The second kappa shape index (κ2) is 6.80. The number of hydrogen-bond acceptors (Lipinski definition) is 3. The molecule has 0 aromatic heterocycles. The highest BCUT2D eigenvalue weighted by Crippen LogP contribution is 2.20. The number of hydrogen-bond donors (Lipinski definition) is 0. The molecule has 0 fully saturated rings. The van der Waals surface area contributed by atoms with E-state index in [1.807, 2.05) is 32.9 Å². The molecule has 1 rings (SSSR count). The number of carbonyl (C=O) groups is 1. The van der Waals surface area contributed by atoms with Gasteiger partial charge in [-0.25, -0.2) is 0 Å². The molecule has 3 heteroatoms. The van der Waals surface area contributed by atoms with E-state index in [1.54, 1.807) is 12.1 Å². The first-order chi connectivity index (χ1) is 8.52.